The average Bonchev–Trinajstić information content (AvgIpc) is 2.73. The molecule has 7 atom stereocenters. The number of carbonyl (C=O) groups is 1. The third-order valence-corrected chi connectivity index (χ3v) is 7.09. The Labute approximate surface area is 121 Å². The van der Waals surface area contributed by atoms with Crippen molar-refractivity contribution >= 4 is 5.97 Å². The number of hydrogen-bond donors (Lipinski definition) is 2. The first-order chi connectivity index (χ1) is 9.49. The van der Waals surface area contributed by atoms with Crippen molar-refractivity contribution in [2.45, 2.75) is 64.9 Å². The average molecular weight is 280 g/mol. The third kappa shape index (κ3) is 1.93. The highest BCUT2D eigenvalue weighted by Crippen LogP contribution is 2.61. The zero-order valence-corrected chi connectivity index (χ0v) is 12.7. The second kappa shape index (κ2) is 5.01. The van der Waals surface area contributed by atoms with Gasteiger partial charge < -0.3 is 10.2 Å². The summed E-state index contributed by atoms with van der Waals surface area (Å²) >= 11 is 0. The molecular formula is C17H28O3. The van der Waals surface area contributed by atoms with Gasteiger partial charge in [-0.1, -0.05) is 20.3 Å². The monoisotopic (exact) mass is 280 g/mol. The highest BCUT2D eigenvalue weighted by atomic mass is 16.4. The van der Waals surface area contributed by atoms with Crippen LogP contribution in [0.2, 0.25) is 0 Å². The van der Waals surface area contributed by atoms with Crippen LogP contribution >= 0.6 is 0 Å². The maximum Gasteiger partial charge on any atom is 0.307 e. The van der Waals surface area contributed by atoms with E-state index in [0.717, 1.165) is 38.5 Å². The van der Waals surface area contributed by atoms with Crippen LogP contribution in [0.15, 0.2) is 0 Å². The van der Waals surface area contributed by atoms with Crippen molar-refractivity contribution in [2.24, 2.45) is 35.0 Å². The van der Waals surface area contributed by atoms with Gasteiger partial charge in [-0.3, -0.25) is 4.79 Å². The van der Waals surface area contributed by atoms with Crippen molar-refractivity contribution in [1.82, 2.24) is 0 Å². The molecule has 2 N–H and O–H groups in total. The van der Waals surface area contributed by atoms with E-state index in [1.165, 1.54) is 6.42 Å². The van der Waals surface area contributed by atoms with Crippen LogP contribution in [0.1, 0.15) is 58.8 Å². The molecule has 3 aliphatic rings. The summed E-state index contributed by atoms with van der Waals surface area (Å²) in [6.45, 7) is 4.38. The van der Waals surface area contributed by atoms with Crippen molar-refractivity contribution in [3.8, 4) is 0 Å². The predicted molar refractivity (Wildman–Crippen MR) is 77.2 cm³/mol. The number of aliphatic hydroxyl groups is 1. The smallest absolute Gasteiger partial charge is 0.307 e. The van der Waals surface area contributed by atoms with E-state index in [-0.39, 0.29) is 17.4 Å². The first-order valence-electron chi connectivity index (χ1n) is 8.40. The molecule has 20 heavy (non-hydrogen) atoms. The fourth-order valence-electron chi connectivity index (χ4n) is 5.93. The maximum atomic E-state index is 11.8. The molecule has 3 fully saturated rings. The second-order valence-corrected chi connectivity index (χ2v) is 7.68. The van der Waals surface area contributed by atoms with Crippen LogP contribution < -0.4 is 0 Å². The van der Waals surface area contributed by atoms with Crippen molar-refractivity contribution in [2.75, 3.05) is 0 Å². The van der Waals surface area contributed by atoms with Gasteiger partial charge in [-0.15, -0.1) is 0 Å². The van der Waals surface area contributed by atoms with E-state index in [4.69, 9.17) is 0 Å². The first kappa shape index (κ1) is 14.4. The Hall–Kier alpha value is -0.570. The molecule has 0 bridgehead atoms. The molecule has 114 valence electrons. The lowest BCUT2D eigenvalue weighted by atomic mass is 9.52. The Bertz CT molecular complexity index is 394. The predicted octanol–water partition coefficient (Wildman–Crippen LogP) is 3.31. The van der Waals surface area contributed by atoms with Gasteiger partial charge in [0.05, 0.1) is 12.0 Å². The molecule has 0 saturated heterocycles. The van der Waals surface area contributed by atoms with Crippen LogP contribution in [-0.2, 0) is 4.79 Å². The number of fused-ring (bicyclic) bond motifs is 3. The van der Waals surface area contributed by atoms with E-state index >= 15 is 0 Å². The maximum absolute atomic E-state index is 11.8. The Balaban J connectivity index is 1.87. The normalized spacial score (nSPS) is 51.4. The molecule has 0 aromatic heterocycles. The summed E-state index contributed by atoms with van der Waals surface area (Å²) in [6.07, 6.45) is 7.10. The molecule has 0 aromatic carbocycles. The zero-order chi connectivity index (χ0) is 14.5. The van der Waals surface area contributed by atoms with Crippen LogP contribution in [-0.4, -0.2) is 22.3 Å². The molecule has 3 aliphatic carbocycles. The number of aliphatic hydroxyl groups excluding tert-OH is 1. The van der Waals surface area contributed by atoms with Gasteiger partial charge >= 0.3 is 5.97 Å². The number of hydrogen-bond acceptors (Lipinski definition) is 2. The molecule has 3 rings (SSSR count). The third-order valence-electron chi connectivity index (χ3n) is 7.09. The van der Waals surface area contributed by atoms with Crippen molar-refractivity contribution < 1.29 is 15.0 Å². The lowest BCUT2D eigenvalue weighted by molar-refractivity contribution is -0.155. The summed E-state index contributed by atoms with van der Waals surface area (Å²) < 4.78 is 0. The van der Waals surface area contributed by atoms with Crippen LogP contribution in [0.4, 0.5) is 0 Å². The van der Waals surface area contributed by atoms with Gasteiger partial charge in [0.1, 0.15) is 0 Å². The highest BCUT2D eigenvalue weighted by molar-refractivity contribution is 5.71. The standard InChI is InChI=1S/C17H28O3/c1-3-10-4-5-11-12(15(10)16(19)20)8-9-17(2)13(11)6-7-14(17)18/h10-15,18H,3-9H2,1-2H3,(H,19,20). The van der Waals surface area contributed by atoms with Gasteiger partial charge in [-0.25, -0.2) is 0 Å². The quantitative estimate of drug-likeness (QED) is 0.816. The number of aliphatic carboxylic acids is 1. The molecule has 0 spiro atoms. The summed E-state index contributed by atoms with van der Waals surface area (Å²) in [5, 5.41) is 20.0. The minimum Gasteiger partial charge on any atom is -0.481 e. The lowest BCUT2D eigenvalue weighted by Gasteiger charge is -2.53. The molecule has 3 nitrogen and oxygen atoms in total. The Morgan fingerprint density at radius 2 is 1.90 bits per heavy atom. The summed E-state index contributed by atoms with van der Waals surface area (Å²) in [7, 11) is 0. The van der Waals surface area contributed by atoms with E-state index in [9.17, 15) is 15.0 Å². The summed E-state index contributed by atoms with van der Waals surface area (Å²) in [5.41, 5.74) is 0.0588. The Morgan fingerprint density at radius 3 is 2.55 bits per heavy atom. The second-order valence-electron chi connectivity index (χ2n) is 7.68. The number of rotatable bonds is 2. The summed E-state index contributed by atoms with van der Waals surface area (Å²) in [4.78, 5) is 11.8. The topological polar surface area (TPSA) is 57.5 Å². The molecule has 3 heteroatoms. The fraction of sp³-hybridized carbons (Fsp3) is 0.941. The molecule has 0 radical (unpaired) electrons. The van der Waals surface area contributed by atoms with Crippen LogP contribution in [0, 0.1) is 35.0 Å². The lowest BCUT2D eigenvalue weighted by Crippen LogP contribution is -2.50. The minimum atomic E-state index is -0.575. The van der Waals surface area contributed by atoms with E-state index in [1.807, 2.05) is 0 Å². The van der Waals surface area contributed by atoms with Gasteiger partial charge in [0.25, 0.3) is 0 Å². The molecule has 0 amide bonds. The SMILES string of the molecule is CCC1CCC2C(CCC3(C)C(O)CCC23)C1C(=O)O. The molecule has 0 heterocycles. The first-order valence-corrected chi connectivity index (χ1v) is 8.40. The molecule has 3 saturated carbocycles. The number of carboxylic acids is 1. The minimum absolute atomic E-state index is 0.0588. The summed E-state index contributed by atoms with van der Waals surface area (Å²) in [5.74, 6) is 1.10. The number of carboxylic acid groups (broad SMARTS) is 1. The van der Waals surface area contributed by atoms with E-state index in [0.29, 0.717) is 23.7 Å². The Morgan fingerprint density at radius 1 is 1.15 bits per heavy atom. The van der Waals surface area contributed by atoms with Gasteiger partial charge in [0, 0.05) is 0 Å². The molecule has 7 unspecified atom stereocenters. The van der Waals surface area contributed by atoms with E-state index < -0.39 is 5.97 Å². The molecule has 0 aliphatic heterocycles. The van der Waals surface area contributed by atoms with E-state index in [2.05, 4.69) is 13.8 Å². The van der Waals surface area contributed by atoms with Gasteiger partial charge in [0.2, 0.25) is 0 Å². The van der Waals surface area contributed by atoms with Crippen molar-refractivity contribution in [1.29, 1.82) is 0 Å². The zero-order valence-electron chi connectivity index (χ0n) is 12.7. The van der Waals surface area contributed by atoms with Crippen molar-refractivity contribution in [3.05, 3.63) is 0 Å². The van der Waals surface area contributed by atoms with Gasteiger partial charge in [-0.2, -0.15) is 0 Å². The van der Waals surface area contributed by atoms with Gasteiger partial charge in [-0.05, 0) is 67.6 Å². The van der Waals surface area contributed by atoms with Crippen molar-refractivity contribution in [3.63, 3.8) is 0 Å². The summed E-state index contributed by atoms with van der Waals surface area (Å²) in [6, 6.07) is 0. The molecular weight excluding hydrogens is 252 g/mol. The van der Waals surface area contributed by atoms with Crippen LogP contribution in [0.25, 0.3) is 0 Å². The highest BCUT2D eigenvalue weighted by Gasteiger charge is 2.57. The molecule has 0 aromatic rings. The Kier molecular flexibility index (Phi) is 3.60. The largest absolute Gasteiger partial charge is 0.481 e. The van der Waals surface area contributed by atoms with Crippen LogP contribution in [0.5, 0.6) is 0 Å². The van der Waals surface area contributed by atoms with Crippen LogP contribution in [0.3, 0.4) is 0 Å². The van der Waals surface area contributed by atoms with Gasteiger partial charge in [0.15, 0.2) is 0 Å². The fourth-order valence-corrected chi connectivity index (χ4v) is 5.93. The van der Waals surface area contributed by atoms with E-state index in [1.54, 1.807) is 0 Å².